The maximum Gasteiger partial charge on any atom is 0.274 e. The number of rotatable bonds is 4. The average Bonchev–Trinajstić information content (AvgIpc) is 3.27. The Labute approximate surface area is 195 Å². The molecule has 1 aromatic heterocycles. The van der Waals surface area contributed by atoms with Crippen molar-refractivity contribution in [2.75, 3.05) is 37.6 Å². The van der Waals surface area contributed by atoms with Crippen LogP contribution in [0.1, 0.15) is 26.5 Å². The summed E-state index contributed by atoms with van der Waals surface area (Å²) in [4.78, 5) is 31.6. The summed E-state index contributed by atoms with van der Waals surface area (Å²) >= 11 is 6.30. The predicted octanol–water partition coefficient (Wildman–Crippen LogP) is 3.29. The molecule has 0 radical (unpaired) electrons. The zero-order valence-corrected chi connectivity index (χ0v) is 18.7. The van der Waals surface area contributed by atoms with E-state index in [1.54, 1.807) is 38.7 Å². The Morgan fingerprint density at radius 2 is 1.70 bits per heavy atom. The highest BCUT2D eigenvalue weighted by Gasteiger charge is 2.31. The standard InChI is InChI=1S/C24H23ClFN5O2/c25-18-6-2-4-8-21(18)28-9-11-29(12-10-28)23(32)20-15-22-24(33)30(13-14-31(22)27-20)16-17-5-1-3-7-19(17)26/h1-8,15H,9-14,16H2. The third-order valence-electron chi connectivity index (χ3n) is 6.17. The average molecular weight is 468 g/mol. The van der Waals surface area contributed by atoms with Crippen molar-refractivity contribution in [2.45, 2.75) is 13.1 Å². The number of piperazine rings is 1. The van der Waals surface area contributed by atoms with Crippen LogP contribution in [0.15, 0.2) is 54.6 Å². The second-order valence-corrected chi connectivity index (χ2v) is 8.59. The van der Waals surface area contributed by atoms with Crippen LogP contribution in [0.3, 0.4) is 0 Å². The largest absolute Gasteiger partial charge is 0.367 e. The van der Waals surface area contributed by atoms with Gasteiger partial charge >= 0.3 is 0 Å². The van der Waals surface area contributed by atoms with Crippen LogP contribution in [-0.4, -0.2) is 64.1 Å². The van der Waals surface area contributed by atoms with Gasteiger partial charge in [0.05, 0.1) is 17.3 Å². The number of carbonyl (C=O) groups is 2. The first-order chi connectivity index (χ1) is 16.0. The fourth-order valence-electron chi connectivity index (χ4n) is 4.35. The summed E-state index contributed by atoms with van der Waals surface area (Å²) < 4.78 is 15.6. The highest BCUT2D eigenvalue weighted by Crippen LogP contribution is 2.26. The van der Waals surface area contributed by atoms with Gasteiger partial charge in [0.25, 0.3) is 11.8 Å². The molecule has 3 aromatic rings. The van der Waals surface area contributed by atoms with Crippen LogP contribution in [0.4, 0.5) is 10.1 Å². The molecule has 9 heteroatoms. The van der Waals surface area contributed by atoms with Gasteiger partial charge < -0.3 is 14.7 Å². The lowest BCUT2D eigenvalue weighted by Crippen LogP contribution is -2.49. The highest BCUT2D eigenvalue weighted by atomic mass is 35.5. The monoisotopic (exact) mass is 467 g/mol. The summed E-state index contributed by atoms with van der Waals surface area (Å²) in [5.41, 5.74) is 2.05. The molecule has 2 amide bonds. The number of nitrogens with zero attached hydrogens (tertiary/aromatic N) is 5. The number of carbonyl (C=O) groups excluding carboxylic acids is 2. The summed E-state index contributed by atoms with van der Waals surface area (Å²) in [5, 5.41) is 5.09. The molecule has 0 unspecified atom stereocenters. The van der Waals surface area contributed by atoms with E-state index in [-0.39, 0.29) is 29.9 Å². The third-order valence-corrected chi connectivity index (χ3v) is 6.49. The van der Waals surface area contributed by atoms with Crippen molar-refractivity contribution in [1.82, 2.24) is 19.6 Å². The Balaban J connectivity index is 1.26. The third kappa shape index (κ3) is 4.18. The van der Waals surface area contributed by atoms with Crippen LogP contribution in [0.25, 0.3) is 0 Å². The Morgan fingerprint density at radius 1 is 0.970 bits per heavy atom. The topological polar surface area (TPSA) is 61.7 Å². The van der Waals surface area contributed by atoms with Crippen LogP contribution < -0.4 is 4.90 Å². The van der Waals surface area contributed by atoms with Crippen molar-refractivity contribution < 1.29 is 14.0 Å². The number of hydrogen-bond donors (Lipinski definition) is 0. The molecule has 2 aliphatic heterocycles. The Hall–Kier alpha value is -3.39. The number of benzene rings is 2. The quantitative estimate of drug-likeness (QED) is 0.590. The van der Waals surface area contributed by atoms with Crippen molar-refractivity contribution >= 4 is 29.1 Å². The van der Waals surface area contributed by atoms with E-state index in [4.69, 9.17) is 11.6 Å². The van der Waals surface area contributed by atoms with Crippen LogP contribution in [0, 0.1) is 5.82 Å². The zero-order chi connectivity index (χ0) is 22.9. The van der Waals surface area contributed by atoms with Crippen molar-refractivity contribution in [3.05, 3.63) is 82.4 Å². The molecule has 7 nitrogen and oxygen atoms in total. The molecule has 0 aliphatic carbocycles. The fourth-order valence-corrected chi connectivity index (χ4v) is 4.60. The van der Waals surface area contributed by atoms with E-state index in [0.717, 1.165) is 5.69 Å². The molecule has 1 saturated heterocycles. The van der Waals surface area contributed by atoms with Crippen molar-refractivity contribution in [3.63, 3.8) is 0 Å². The fraction of sp³-hybridized carbons (Fsp3) is 0.292. The van der Waals surface area contributed by atoms with Crippen LogP contribution in [0.5, 0.6) is 0 Å². The first-order valence-corrected chi connectivity index (χ1v) is 11.3. The predicted molar refractivity (Wildman–Crippen MR) is 123 cm³/mol. The molecule has 170 valence electrons. The lowest BCUT2D eigenvalue weighted by atomic mass is 10.1. The van der Waals surface area contributed by atoms with E-state index in [9.17, 15) is 14.0 Å². The number of amides is 2. The van der Waals surface area contributed by atoms with E-state index in [1.807, 2.05) is 24.3 Å². The van der Waals surface area contributed by atoms with Crippen molar-refractivity contribution in [3.8, 4) is 0 Å². The minimum absolute atomic E-state index is 0.184. The van der Waals surface area contributed by atoms with E-state index >= 15 is 0 Å². The van der Waals surface area contributed by atoms with Gasteiger partial charge in [-0.2, -0.15) is 5.10 Å². The second-order valence-electron chi connectivity index (χ2n) is 8.19. The molecule has 0 bridgehead atoms. The zero-order valence-electron chi connectivity index (χ0n) is 18.0. The van der Waals surface area contributed by atoms with Gasteiger partial charge in [-0.3, -0.25) is 14.3 Å². The molecular formula is C24H23ClFN5O2. The number of fused-ring (bicyclic) bond motifs is 1. The van der Waals surface area contributed by atoms with E-state index < -0.39 is 0 Å². The number of hydrogen-bond acceptors (Lipinski definition) is 4. The summed E-state index contributed by atoms with van der Waals surface area (Å²) in [6.07, 6.45) is 0. The highest BCUT2D eigenvalue weighted by molar-refractivity contribution is 6.33. The lowest BCUT2D eigenvalue weighted by molar-refractivity contribution is 0.0679. The van der Waals surface area contributed by atoms with Gasteiger partial charge in [0, 0.05) is 50.9 Å². The molecule has 1 fully saturated rings. The van der Waals surface area contributed by atoms with Gasteiger partial charge in [-0.15, -0.1) is 0 Å². The molecule has 2 aliphatic rings. The lowest BCUT2D eigenvalue weighted by Gasteiger charge is -2.36. The summed E-state index contributed by atoms with van der Waals surface area (Å²) in [6, 6.07) is 15.7. The minimum atomic E-state index is -0.337. The smallest absolute Gasteiger partial charge is 0.274 e. The normalized spacial score (nSPS) is 16.2. The van der Waals surface area contributed by atoms with Gasteiger partial charge in [0.2, 0.25) is 0 Å². The number of aromatic nitrogens is 2. The Bertz CT molecular complexity index is 1210. The maximum absolute atomic E-state index is 14.0. The molecule has 0 spiro atoms. The molecular weight excluding hydrogens is 445 g/mol. The van der Waals surface area contributed by atoms with E-state index in [1.165, 1.54) is 6.07 Å². The number of para-hydroxylation sites is 1. The maximum atomic E-state index is 14.0. The first kappa shape index (κ1) is 21.5. The Kier molecular flexibility index (Phi) is 5.76. The minimum Gasteiger partial charge on any atom is -0.367 e. The molecule has 2 aromatic carbocycles. The summed E-state index contributed by atoms with van der Waals surface area (Å²) in [6.45, 7) is 3.47. The Morgan fingerprint density at radius 3 is 2.45 bits per heavy atom. The SMILES string of the molecule is O=C(c1cc2n(n1)CCN(Cc1ccccc1F)C2=O)N1CCN(c2ccccc2Cl)CC1. The van der Waals surface area contributed by atoms with E-state index in [2.05, 4.69) is 10.00 Å². The number of halogens is 2. The van der Waals surface area contributed by atoms with Gasteiger partial charge in [0.15, 0.2) is 5.69 Å². The van der Waals surface area contributed by atoms with Gasteiger partial charge in [-0.05, 0) is 18.2 Å². The van der Waals surface area contributed by atoms with Crippen LogP contribution >= 0.6 is 11.6 Å². The molecule has 0 N–H and O–H groups in total. The van der Waals surface area contributed by atoms with Gasteiger partial charge in [-0.25, -0.2) is 4.39 Å². The first-order valence-electron chi connectivity index (χ1n) is 10.9. The molecule has 0 atom stereocenters. The van der Waals surface area contributed by atoms with Crippen molar-refractivity contribution in [1.29, 1.82) is 0 Å². The van der Waals surface area contributed by atoms with Crippen molar-refractivity contribution in [2.24, 2.45) is 0 Å². The van der Waals surface area contributed by atoms with Gasteiger partial charge in [-0.1, -0.05) is 41.9 Å². The van der Waals surface area contributed by atoms with Gasteiger partial charge in [0.1, 0.15) is 11.5 Å². The van der Waals surface area contributed by atoms with Crippen LogP contribution in [0.2, 0.25) is 5.02 Å². The molecule has 3 heterocycles. The summed E-state index contributed by atoms with van der Waals surface area (Å²) in [7, 11) is 0. The molecule has 33 heavy (non-hydrogen) atoms. The summed E-state index contributed by atoms with van der Waals surface area (Å²) in [5.74, 6) is -0.778. The second kappa shape index (κ2) is 8.86. The van der Waals surface area contributed by atoms with E-state index in [0.29, 0.717) is 55.5 Å². The molecule has 0 saturated carbocycles. The number of anilines is 1. The van der Waals surface area contributed by atoms with Crippen LogP contribution in [-0.2, 0) is 13.1 Å². The molecule has 5 rings (SSSR count).